The molecule has 0 spiro atoms. The van der Waals surface area contributed by atoms with E-state index in [1.807, 2.05) is 10.8 Å². The molecule has 0 saturated carbocycles. The summed E-state index contributed by atoms with van der Waals surface area (Å²) in [7, 11) is 0. The second kappa shape index (κ2) is 5.75. The number of carbonyl (C=O) groups excluding carboxylic acids is 1. The Hall–Kier alpha value is -1.45. The van der Waals surface area contributed by atoms with Gasteiger partial charge in [-0.15, -0.1) is 0 Å². The number of hydrogen-bond donors (Lipinski definition) is 0. The Bertz CT molecular complexity index is 420. The number of aromatic nitrogens is 3. The molecule has 92 valence electrons. The maximum atomic E-state index is 11.5. The number of ketones is 1. The van der Waals surface area contributed by atoms with Gasteiger partial charge in [0.1, 0.15) is 12.2 Å². The average molecular weight is 233 g/mol. The lowest BCUT2D eigenvalue weighted by Crippen LogP contribution is -2.07. The van der Waals surface area contributed by atoms with Crippen LogP contribution >= 0.6 is 0 Å². The molecule has 1 aromatic heterocycles. The molecule has 2 rings (SSSR count). The fraction of sp³-hybridized carbons (Fsp3) is 0.615. The normalized spacial score (nSPS) is 16.8. The monoisotopic (exact) mass is 233 g/mol. The van der Waals surface area contributed by atoms with Gasteiger partial charge in [-0.2, -0.15) is 5.10 Å². The molecule has 0 aliphatic heterocycles. The van der Waals surface area contributed by atoms with Gasteiger partial charge in [-0.25, -0.2) is 9.67 Å². The van der Waals surface area contributed by atoms with Crippen molar-refractivity contribution >= 4 is 5.78 Å². The molecule has 0 fully saturated rings. The molecule has 0 unspecified atom stereocenters. The first kappa shape index (κ1) is 12.0. The van der Waals surface area contributed by atoms with Crippen molar-refractivity contribution in [3.63, 3.8) is 0 Å². The maximum absolute atomic E-state index is 11.5. The quantitative estimate of drug-likeness (QED) is 0.801. The minimum absolute atomic E-state index is 0.263. The number of hydrogen-bond acceptors (Lipinski definition) is 3. The Kier molecular flexibility index (Phi) is 4.07. The first-order chi connectivity index (χ1) is 8.29. The van der Waals surface area contributed by atoms with Crippen molar-refractivity contribution < 1.29 is 4.79 Å². The second-order valence-corrected chi connectivity index (χ2v) is 4.55. The molecule has 0 aromatic carbocycles. The van der Waals surface area contributed by atoms with Crippen LogP contribution in [0.25, 0.3) is 0 Å². The summed E-state index contributed by atoms with van der Waals surface area (Å²) >= 11 is 0. The van der Waals surface area contributed by atoms with Gasteiger partial charge < -0.3 is 0 Å². The van der Waals surface area contributed by atoms with Crippen molar-refractivity contribution in [2.75, 3.05) is 0 Å². The Morgan fingerprint density at radius 2 is 2.18 bits per heavy atom. The molecular weight excluding hydrogens is 214 g/mol. The van der Waals surface area contributed by atoms with Gasteiger partial charge in [0, 0.05) is 19.4 Å². The molecule has 0 amide bonds. The molecule has 0 atom stereocenters. The highest BCUT2D eigenvalue weighted by atomic mass is 16.1. The van der Waals surface area contributed by atoms with Gasteiger partial charge in [-0.3, -0.25) is 4.79 Å². The van der Waals surface area contributed by atoms with Crippen LogP contribution in [0.3, 0.4) is 0 Å². The van der Waals surface area contributed by atoms with E-state index in [1.54, 1.807) is 6.33 Å². The van der Waals surface area contributed by atoms with Crippen LogP contribution in [0.1, 0.15) is 44.9 Å². The van der Waals surface area contributed by atoms with Gasteiger partial charge in [0.15, 0.2) is 5.78 Å². The summed E-state index contributed by atoms with van der Waals surface area (Å²) in [5.74, 6) is 1.24. The first-order valence-corrected chi connectivity index (χ1v) is 6.38. The highest BCUT2D eigenvalue weighted by molar-refractivity contribution is 5.90. The van der Waals surface area contributed by atoms with Crippen molar-refractivity contribution in [1.29, 1.82) is 0 Å². The van der Waals surface area contributed by atoms with Gasteiger partial charge in [-0.1, -0.05) is 12.5 Å². The van der Waals surface area contributed by atoms with Crippen LogP contribution in [-0.2, 0) is 17.8 Å². The zero-order valence-corrected chi connectivity index (χ0v) is 10.4. The first-order valence-electron chi connectivity index (χ1n) is 6.38. The minimum atomic E-state index is 0.263. The third-order valence-electron chi connectivity index (χ3n) is 3.05. The van der Waals surface area contributed by atoms with Gasteiger partial charge in [0.2, 0.25) is 0 Å². The van der Waals surface area contributed by atoms with E-state index in [4.69, 9.17) is 0 Å². The van der Waals surface area contributed by atoms with Crippen molar-refractivity contribution in [3.05, 3.63) is 23.8 Å². The SMILES string of the molecule is CCCn1ncnc1CC1=CC(=O)CCCC1. The van der Waals surface area contributed by atoms with Gasteiger partial charge in [-0.05, 0) is 31.8 Å². The van der Waals surface area contributed by atoms with Crippen LogP contribution in [0.4, 0.5) is 0 Å². The van der Waals surface area contributed by atoms with Crippen molar-refractivity contribution in [3.8, 4) is 0 Å². The summed E-state index contributed by atoms with van der Waals surface area (Å²) in [4.78, 5) is 15.8. The summed E-state index contributed by atoms with van der Waals surface area (Å²) in [6.07, 6.45) is 9.08. The molecule has 1 aliphatic rings. The van der Waals surface area contributed by atoms with Crippen LogP contribution in [0, 0.1) is 0 Å². The Balaban J connectivity index is 2.08. The molecular formula is C13H19N3O. The largest absolute Gasteiger partial charge is 0.295 e. The third-order valence-corrected chi connectivity index (χ3v) is 3.05. The molecule has 4 nitrogen and oxygen atoms in total. The lowest BCUT2D eigenvalue weighted by Gasteiger charge is -2.06. The number of nitrogens with zero attached hydrogens (tertiary/aromatic N) is 3. The van der Waals surface area contributed by atoms with Crippen LogP contribution in [0.2, 0.25) is 0 Å². The molecule has 1 heterocycles. The van der Waals surface area contributed by atoms with Crippen molar-refractivity contribution in [1.82, 2.24) is 14.8 Å². The summed E-state index contributed by atoms with van der Waals surface area (Å²) in [6, 6.07) is 0. The van der Waals surface area contributed by atoms with Crippen LogP contribution in [0.5, 0.6) is 0 Å². The zero-order chi connectivity index (χ0) is 12.1. The Labute approximate surface area is 102 Å². The number of allylic oxidation sites excluding steroid dienone is 2. The summed E-state index contributed by atoms with van der Waals surface area (Å²) in [5.41, 5.74) is 1.21. The van der Waals surface area contributed by atoms with Crippen molar-refractivity contribution in [2.45, 2.75) is 52.0 Å². The van der Waals surface area contributed by atoms with Crippen LogP contribution < -0.4 is 0 Å². The van der Waals surface area contributed by atoms with E-state index >= 15 is 0 Å². The predicted octanol–water partition coefficient (Wildman–Crippen LogP) is 2.30. The topological polar surface area (TPSA) is 47.8 Å². The van der Waals surface area contributed by atoms with Crippen molar-refractivity contribution in [2.24, 2.45) is 0 Å². The van der Waals surface area contributed by atoms with Gasteiger partial charge in [0.25, 0.3) is 0 Å². The predicted molar refractivity (Wildman–Crippen MR) is 65.6 cm³/mol. The van der Waals surface area contributed by atoms with E-state index in [0.29, 0.717) is 6.42 Å². The molecule has 1 aromatic rings. The number of carbonyl (C=O) groups is 1. The van der Waals surface area contributed by atoms with E-state index in [9.17, 15) is 4.79 Å². The van der Waals surface area contributed by atoms with E-state index in [1.165, 1.54) is 5.57 Å². The van der Waals surface area contributed by atoms with E-state index in [0.717, 1.165) is 44.5 Å². The fourth-order valence-corrected chi connectivity index (χ4v) is 2.19. The highest BCUT2D eigenvalue weighted by Gasteiger charge is 2.11. The van der Waals surface area contributed by atoms with E-state index in [2.05, 4.69) is 17.0 Å². The number of aryl methyl sites for hydroxylation is 1. The number of rotatable bonds is 4. The Morgan fingerprint density at radius 3 is 3.00 bits per heavy atom. The average Bonchev–Trinajstić information content (AvgIpc) is 2.61. The molecule has 17 heavy (non-hydrogen) atoms. The van der Waals surface area contributed by atoms with E-state index in [-0.39, 0.29) is 5.78 Å². The molecule has 0 N–H and O–H groups in total. The van der Waals surface area contributed by atoms with Gasteiger partial charge >= 0.3 is 0 Å². The lowest BCUT2D eigenvalue weighted by molar-refractivity contribution is -0.114. The Morgan fingerprint density at radius 1 is 1.35 bits per heavy atom. The fourth-order valence-electron chi connectivity index (χ4n) is 2.19. The third kappa shape index (κ3) is 3.25. The van der Waals surface area contributed by atoms with Crippen LogP contribution in [0.15, 0.2) is 18.0 Å². The molecule has 4 heteroatoms. The standard InChI is InChI=1S/C13H19N3O/c1-2-7-16-13(14-10-15-16)9-11-5-3-4-6-12(17)8-11/h8,10H,2-7,9H2,1H3. The van der Waals surface area contributed by atoms with Crippen LogP contribution in [-0.4, -0.2) is 20.5 Å². The zero-order valence-electron chi connectivity index (χ0n) is 10.4. The summed E-state index contributed by atoms with van der Waals surface area (Å²) in [5, 5.41) is 4.21. The molecule has 0 radical (unpaired) electrons. The van der Waals surface area contributed by atoms with E-state index < -0.39 is 0 Å². The van der Waals surface area contributed by atoms with Gasteiger partial charge in [0.05, 0.1) is 0 Å². The highest BCUT2D eigenvalue weighted by Crippen LogP contribution is 2.18. The molecule has 0 saturated heterocycles. The second-order valence-electron chi connectivity index (χ2n) is 4.55. The maximum Gasteiger partial charge on any atom is 0.155 e. The smallest absolute Gasteiger partial charge is 0.155 e. The summed E-state index contributed by atoms with van der Waals surface area (Å²) < 4.78 is 1.94. The molecule has 1 aliphatic carbocycles. The minimum Gasteiger partial charge on any atom is -0.295 e. The summed E-state index contributed by atoms with van der Waals surface area (Å²) in [6.45, 7) is 3.02. The molecule has 0 bridgehead atoms. The lowest BCUT2D eigenvalue weighted by atomic mass is 10.1.